The molecule has 1 saturated heterocycles. The number of hydrogen-bond acceptors (Lipinski definition) is 15. The van der Waals surface area contributed by atoms with Gasteiger partial charge in [0.05, 0.1) is 29.6 Å². The van der Waals surface area contributed by atoms with Crippen LogP contribution in [0.2, 0.25) is 0 Å². The molecule has 0 radical (unpaired) electrons. The molecule has 3 aromatic rings. The van der Waals surface area contributed by atoms with Crippen LogP contribution in [-0.4, -0.2) is 112 Å². The molecule has 1 amide bonds. The number of hydrogen-bond donors (Lipinski definition) is 4. The van der Waals surface area contributed by atoms with E-state index in [1.54, 1.807) is 93.6 Å². The highest BCUT2D eigenvalue weighted by atomic mass is 16.6. The molecule has 3 aliphatic carbocycles. The van der Waals surface area contributed by atoms with E-state index in [1.807, 2.05) is 6.07 Å². The van der Waals surface area contributed by atoms with Crippen LogP contribution in [0.3, 0.4) is 0 Å². The van der Waals surface area contributed by atoms with Crippen molar-refractivity contribution in [2.45, 2.75) is 115 Å². The quantitative estimate of drug-likeness (QED) is 0.113. The van der Waals surface area contributed by atoms with Gasteiger partial charge in [-0.3, -0.25) is 14.4 Å². The van der Waals surface area contributed by atoms with Crippen LogP contribution in [-0.2, 0) is 54.2 Å². The predicted molar refractivity (Wildman–Crippen MR) is 228 cm³/mol. The summed E-state index contributed by atoms with van der Waals surface area (Å²) in [5.41, 5.74) is -6.29. The van der Waals surface area contributed by atoms with E-state index in [2.05, 4.69) is 5.32 Å². The minimum Gasteiger partial charge on any atom is -0.455 e. The molecule has 11 atom stereocenters. The van der Waals surface area contributed by atoms with Crippen molar-refractivity contribution in [3.05, 3.63) is 119 Å². The zero-order chi connectivity index (χ0) is 47.1. The Bertz CT molecular complexity index is 2340. The van der Waals surface area contributed by atoms with E-state index in [9.17, 15) is 39.3 Å². The van der Waals surface area contributed by atoms with Crippen molar-refractivity contribution in [3.8, 4) is 0 Å². The molecule has 2 saturated carbocycles. The van der Waals surface area contributed by atoms with E-state index in [1.165, 1.54) is 26.0 Å². The maximum absolute atomic E-state index is 15.1. The number of amides is 1. The fourth-order valence-corrected chi connectivity index (χ4v) is 10.4. The van der Waals surface area contributed by atoms with Crippen LogP contribution in [0.1, 0.15) is 81.8 Å². The van der Waals surface area contributed by atoms with Crippen LogP contribution in [0, 0.1) is 16.7 Å². The molecule has 2 bridgehead atoms. The first-order valence-electron chi connectivity index (χ1n) is 21.6. The van der Waals surface area contributed by atoms with Gasteiger partial charge in [0.25, 0.3) is 0 Å². The minimum atomic E-state index is -2.36. The van der Waals surface area contributed by atoms with Gasteiger partial charge >= 0.3 is 30.0 Å². The standard InChI is InChI=1S/C49H55NO15/c1-27(31-18-12-8-13-19-31)39(63-36(53)24-50-45(58)60-25-30-16-10-7-11-17-30)44(57)62-33-23-49(59)42(64-43(56)32-20-14-9-15-21-32)40-47(6,41(55)38(54)37(28(33)2)46(49,4)5)34(52)22-35-48(40,26-61-35)65-29(3)51/h7-21,27,33-35,38-40,42,52,54,59H,22-26H2,1-6H3,(H,50,58)/t27-,33-,34-,35+,38+,39+,40-,42-,47+,48-,49+/m0/s1. The zero-order valence-corrected chi connectivity index (χ0v) is 37.1. The molecule has 16 heteroatoms. The first-order chi connectivity index (χ1) is 30.8. The first kappa shape index (κ1) is 47.0. The number of Topliss-reactive ketones (excluding diaryl/α,β-unsaturated/α-hetero) is 1. The van der Waals surface area contributed by atoms with Gasteiger partial charge in [0.1, 0.15) is 43.2 Å². The summed E-state index contributed by atoms with van der Waals surface area (Å²) >= 11 is 0. The number of rotatable bonds is 12. The maximum atomic E-state index is 15.1. The molecule has 16 nitrogen and oxygen atoms in total. The average Bonchev–Trinajstić information content (AvgIpc) is 3.28. The van der Waals surface area contributed by atoms with Crippen LogP contribution < -0.4 is 5.32 Å². The number of alkyl carbamates (subject to hydrolysis) is 1. The summed E-state index contributed by atoms with van der Waals surface area (Å²) in [6.07, 6.45) is -11.1. The van der Waals surface area contributed by atoms with Crippen LogP contribution in [0.25, 0.3) is 0 Å². The van der Waals surface area contributed by atoms with Crippen molar-refractivity contribution >= 4 is 35.8 Å². The summed E-state index contributed by atoms with van der Waals surface area (Å²) in [6, 6.07) is 25.4. The second kappa shape index (κ2) is 18.1. The van der Waals surface area contributed by atoms with Crippen molar-refractivity contribution in [3.63, 3.8) is 0 Å². The third kappa shape index (κ3) is 8.44. The largest absolute Gasteiger partial charge is 0.455 e. The van der Waals surface area contributed by atoms with E-state index in [4.69, 9.17) is 28.4 Å². The Labute approximate surface area is 376 Å². The van der Waals surface area contributed by atoms with Crippen molar-refractivity contribution in [2.24, 2.45) is 16.7 Å². The molecule has 4 N–H and O–H groups in total. The fourth-order valence-electron chi connectivity index (χ4n) is 10.4. The molecule has 0 aromatic heterocycles. The van der Waals surface area contributed by atoms with Gasteiger partial charge < -0.3 is 49.1 Å². The number of aliphatic hydroxyl groups is 3. The third-order valence-electron chi connectivity index (χ3n) is 14.0. The molecule has 3 fully saturated rings. The lowest BCUT2D eigenvalue weighted by atomic mass is 9.44. The van der Waals surface area contributed by atoms with E-state index in [0.717, 1.165) is 6.92 Å². The topological polar surface area (TPSA) is 231 Å². The molecule has 1 heterocycles. The lowest BCUT2D eigenvalue weighted by Gasteiger charge is -2.67. The molecule has 0 spiro atoms. The smallest absolute Gasteiger partial charge is 0.407 e. The number of ketones is 1. The Balaban J connectivity index is 1.27. The van der Waals surface area contributed by atoms with Gasteiger partial charge in [-0.2, -0.15) is 0 Å². The number of aliphatic hydroxyl groups excluding tert-OH is 2. The summed E-state index contributed by atoms with van der Waals surface area (Å²) in [5.74, 6) is -7.07. The fraction of sp³-hybridized carbons (Fsp3) is 0.469. The zero-order valence-electron chi connectivity index (χ0n) is 37.1. The second-order valence-electron chi connectivity index (χ2n) is 18.1. The highest BCUT2D eigenvalue weighted by Gasteiger charge is 2.78. The molecule has 65 heavy (non-hydrogen) atoms. The van der Waals surface area contributed by atoms with E-state index in [0.29, 0.717) is 11.1 Å². The molecule has 7 rings (SSSR count). The molecule has 3 aromatic carbocycles. The lowest BCUT2D eigenvalue weighted by Crippen LogP contribution is -2.81. The van der Waals surface area contributed by atoms with Crippen LogP contribution in [0.15, 0.2) is 102 Å². The number of ether oxygens (including phenoxy) is 6. The average molecular weight is 898 g/mol. The Hall–Kier alpha value is -5.94. The van der Waals surface area contributed by atoms with Gasteiger partial charge in [0.15, 0.2) is 11.4 Å². The first-order valence-corrected chi connectivity index (χ1v) is 21.6. The molecular formula is C49H55NO15. The van der Waals surface area contributed by atoms with Gasteiger partial charge in [-0.1, -0.05) is 99.6 Å². The van der Waals surface area contributed by atoms with E-state index in [-0.39, 0.29) is 36.3 Å². The SMILES string of the molecule is CC(=O)O[C@@]12CO[C@@H]1C[C@H](O)[C@@]1(C)C(=O)[C@H](O)C3=C(C)[C@@H](OC(=O)[C@H](OC(=O)CNC(=O)OCc4ccccc4)[C@@H](C)c4ccccc4)C[C@@](O)([C@@H](OC(=O)c4ccccc4)[C@H]21)C3(C)C. The summed E-state index contributed by atoms with van der Waals surface area (Å²) in [7, 11) is 0. The summed E-state index contributed by atoms with van der Waals surface area (Å²) in [4.78, 5) is 82.7. The Morgan fingerprint density at radius 3 is 2.11 bits per heavy atom. The number of nitrogens with one attached hydrogen (secondary N) is 1. The summed E-state index contributed by atoms with van der Waals surface area (Å²) in [5, 5.41) is 40.1. The van der Waals surface area contributed by atoms with Crippen LogP contribution in [0.4, 0.5) is 4.79 Å². The van der Waals surface area contributed by atoms with Crippen molar-refractivity contribution < 1.29 is 72.5 Å². The minimum absolute atomic E-state index is 0.0573. The van der Waals surface area contributed by atoms with Crippen molar-refractivity contribution in [1.29, 1.82) is 0 Å². The number of fused-ring (bicyclic) bond motifs is 5. The third-order valence-corrected chi connectivity index (χ3v) is 14.0. The molecule has 0 unspecified atom stereocenters. The monoisotopic (exact) mass is 897 g/mol. The normalized spacial score (nSPS) is 30.9. The van der Waals surface area contributed by atoms with E-state index < -0.39 is 119 Å². The summed E-state index contributed by atoms with van der Waals surface area (Å²) in [6.45, 7) is 7.78. The lowest BCUT2D eigenvalue weighted by molar-refractivity contribution is -0.346. The van der Waals surface area contributed by atoms with Gasteiger partial charge in [-0.05, 0) is 48.3 Å². The van der Waals surface area contributed by atoms with E-state index >= 15 is 4.79 Å². The Morgan fingerprint density at radius 1 is 0.892 bits per heavy atom. The Kier molecular flexibility index (Phi) is 13.1. The number of carbonyl (C=O) groups excluding carboxylic acids is 6. The van der Waals surface area contributed by atoms with Gasteiger partial charge in [0, 0.05) is 31.1 Å². The molecular weight excluding hydrogens is 843 g/mol. The van der Waals surface area contributed by atoms with Gasteiger partial charge in [0.2, 0.25) is 6.10 Å². The highest BCUT2D eigenvalue weighted by Crippen LogP contribution is 2.64. The molecule has 346 valence electrons. The maximum Gasteiger partial charge on any atom is 0.407 e. The molecule has 1 aliphatic heterocycles. The van der Waals surface area contributed by atoms with Crippen molar-refractivity contribution in [2.75, 3.05) is 13.2 Å². The van der Waals surface area contributed by atoms with Crippen molar-refractivity contribution in [1.82, 2.24) is 5.32 Å². The second-order valence-corrected chi connectivity index (χ2v) is 18.1. The Morgan fingerprint density at radius 2 is 1.51 bits per heavy atom. The molecule has 4 aliphatic rings. The number of carbonyl (C=O) groups is 6. The summed E-state index contributed by atoms with van der Waals surface area (Å²) < 4.78 is 35.4. The van der Waals surface area contributed by atoms with Gasteiger partial charge in [-0.15, -0.1) is 0 Å². The number of esters is 4. The number of benzene rings is 3. The highest BCUT2D eigenvalue weighted by molar-refractivity contribution is 5.94. The van der Waals surface area contributed by atoms with Gasteiger partial charge in [-0.25, -0.2) is 14.4 Å². The predicted octanol–water partition coefficient (Wildman–Crippen LogP) is 4.27. The van der Waals surface area contributed by atoms with Crippen LogP contribution in [0.5, 0.6) is 0 Å². The van der Waals surface area contributed by atoms with Crippen LogP contribution >= 0.6 is 0 Å².